The van der Waals surface area contributed by atoms with Gasteiger partial charge in [0, 0.05) is 17.1 Å². The summed E-state index contributed by atoms with van der Waals surface area (Å²) in [6.07, 6.45) is -1.47. The maximum absolute atomic E-state index is 14.6. The van der Waals surface area contributed by atoms with E-state index in [4.69, 9.17) is 9.29 Å². The number of phenols is 1. The molecule has 0 fully saturated rings. The zero-order chi connectivity index (χ0) is 43.0. The van der Waals surface area contributed by atoms with Crippen molar-refractivity contribution in [1.29, 1.82) is 0 Å². The van der Waals surface area contributed by atoms with E-state index in [0.29, 0.717) is 6.07 Å². The zero-order valence-electron chi connectivity index (χ0n) is 28.5. The summed E-state index contributed by atoms with van der Waals surface area (Å²) >= 11 is 0. The third-order valence-corrected chi connectivity index (χ3v) is 12.1. The average molecular weight is 910 g/mol. The van der Waals surface area contributed by atoms with Gasteiger partial charge in [-0.15, -0.1) is 10.2 Å². The second-order valence-electron chi connectivity index (χ2n) is 11.2. The number of ether oxygens (including phenoxy) is 1. The summed E-state index contributed by atoms with van der Waals surface area (Å²) in [6.45, 7) is -1.05. The summed E-state index contributed by atoms with van der Waals surface area (Å²) in [6, 6.07) is 9.72. The number of hydrogen-bond donors (Lipinski definition) is 7. The molecule has 0 saturated carbocycles. The van der Waals surface area contributed by atoms with Crippen molar-refractivity contribution in [3.05, 3.63) is 66.7 Å². The van der Waals surface area contributed by atoms with Crippen LogP contribution in [0.1, 0.15) is 0 Å². The molecule has 0 atom stereocenters. The molecule has 5 aromatic rings. The van der Waals surface area contributed by atoms with E-state index in [9.17, 15) is 65.2 Å². The minimum atomic E-state index is -5.23. The molecule has 0 bridgehead atoms. The van der Waals surface area contributed by atoms with Gasteiger partial charge in [0.15, 0.2) is 15.6 Å². The molecule has 310 valence electrons. The minimum Gasteiger partial charge on any atom is -0.505 e. The molecule has 58 heavy (non-hydrogen) atoms. The number of benzene rings is 4. The van der Waals surface area contributed by atoms with Crippen LogP contribution in [0.3, 0.4) is 0 Å². The number of rotatable bonds is 15. The number of nitrogens with zero attached hydrogens (tertiary/aromatic N) is 5. The molecular formula is C28H24FN7O17S5. The van der Waals surface area contributed by atoms with Crippen LogP contribution in [0.2, 0.25) is 0 Å². The van der Waals surface area contributed by atoms with Crippen molar-refractivity contribution in [1.82, 2.24) is 15.0 Å². The van der Waals surface area contributed by atoms with E-state index in [1.54, 1.807) is 0 Å². The standard InChI is InChI=1S/C28H24FN7O17S5/c1-52-16-3-6-20(21(12-16)55(40,41)42)35-36-24-23(57(46,47)48)11-14-10-15(2-5-18(14)25(24)37)30-27-32-26(29)33-28(34-27)31-19-7-4-17(13-22(19)56(43,44)45)54(38,39)9-8-53-58(49,50)51/h2-7,10-13,37H,8-9H2,1H3,(H,40,41,42)(H,43,44,45)(H,46,47,48)(H,49,50,51)(H2,30,31,32,33,34). The lowest BCUT2D eigenvalue weighted by Gasteiger charge is -2.13. The lowest BCUT2D eigenvalue weighted by Crippen LogP contribution is -2.16. The molecule has 0 aliphatic rings. The first-order chi connectivity index (χ1) is 26.7. The molecule has 5 rings (SSSR count). The fourth-order valence-electron chi connectivity index (χ4n) is 4.83. The Morgan fingerprint density at radius 1 is 0.707 bits per heavy atom. The highest BCUT2D eigenvalue weighted by Gasteiger charge is 2.25. The molecule has 0 unspecified atom stereocenters. The third kappa shape index (κ3) is 10.5. The molecule has 0 spiro atoms. The first-order valence-corrected chi connectivity index (χ1v) is 22.4. The molecule has 0 aliphatic carbocycles. The van der Waals surface area contributed by atoms with Crippen LogP contribution in [0, 0.1) is 6.08 Å². The second-order valence-corrected chi connectivity index (χ2v) is 18.6. The molecular weight excluding hydrogens is 886 g/mol. The average Bonchev–Trinajstić information content (AvgIpc) is 3.09. The number of anilines is 4. The number of hydrogen-bond acceptors (Lipinski definition) is 20. The smallest absolute Gasteiger partial charge is 0.397 e. The van der Waals surface area contributed by atoms with Crippen molar-refractivity contribution < 1.29 is 78.7 Å². The van der Waals surface area contributed by atoms with E-state index >= 15 is 0 Å². The van der Waals surface area contributed by atoms with Crippen LogP contribution < -0.4 is 15.4 Å². The fraction of sp³-hybridized carbons (Fsp3) is 0.107. The van der Waals surface area contributed by atoms with E-state index in [-0.39, 0.29) is 22.2 Å². The van der Waals surface area contributed by atoms with Gasteiger partial charge in [-0.2, -0.15) is 53.0 Å². The highest BCUT2D eigenvalue weighted by atomic mass is 32.3. The summed E-state index contributed by atoms with van der Waals surface area (Å²) in [5.41, 5.74) is -1.96. The summed E-state index contributed by atoms with van der Waals surface area (Å²) in [5.74, 6) is -3.23. The number of fused-ring (bicyclic) bond motifs is 1. The van der Waals surface area contributed by atoms with Crippen molar-refractivity contribution in [3.8, 4) is 11.5 Å². The Balaban J connectivity index is 1.47. The van der Waals surface area contributed by atoms with E-state index in [0.717, 1.165) is 36.4 Å². The quantitative estimate of drug-likeness (QED) is 0.0586. The van der Waals surface area contributed by atoms with Gasteiger partial charge in [-0.1, -0.05) is 0 Å². The molecule has 24 nitrogen and oxygen atoms in total. The maximum Gasteiger partial charge on any atom is 0.397 e. The van der Waals surface area contributed by atoms with Crippen LogP contribution in [0.25, 0.3) is 10.8 Å². The van der Waals surface area contributed by atoms with Crippen molar-refractivity contribution in [2.75, 3.05) is 30.1 Å². The second kappa shape index (κ2) is 16.0. The van der Waals surface area contributed by atoms with E-state index in [1.165, 1.54) is 25.3 Å². The number of phenolic OH excluding ortho intramolecular Hbond substituents is 1. The lowest BCUT2D eigenvalue weighted by molar-refractivity contribution is 0.284. The van der Waals surface area contributed by atoms with Gasteiger partial charge in [0.05, 0.1) is 30.1 Å². The number of methoxy groups -OCH3 is 1. The zero-order valence-corrected chi connectivity index (χ0v) is 32.6. The van der Waals surface area contributed by atoms with Crippen LogP contribution in [0.4, 0.5) is 39.0 Å². The van der Waals surface area contributed by atoms with Gasteiger partial charge in [-0.05, 0) is 60.0 Å². The highest BCUT2D eigenvalue weighted by Crippen LogP contribution is 2.43. The topological polar surface area (TPSA) is 378 Å². The largest absolute Gasteiger partial charge is 0.505 e. The van der Waals surface area contributed by atoms with E-state index in [1.807, 2.05) is 0 Å². The Kier molecular flexibility index (Phi) is 12.0. The normalized spacial score (nSPS) is 12.9. The number of aromatic nitrogens is 3. The van der Waals surface area contributed by atoms with Gasteiger partial charge in [-0.25, -0.2) is 12.6 Å². The molecule has 0 radical (unpaired) electrons. The van der Waals surface area contributed by atoms with Gasteiger partial charge in [0.1, 0.15) is 31.8 Å². The number of nitrogens with one attached hydrogen (secondary N) is 2. The summed E-state index contributed by atoms with van der Waals surface area (Å²) in [7, 11) is -23.6. The maximum atomic E-state index is 14.6. The molecule has 0 saturated heterocycles. The minimum absolute atomic E-state index is 0.00443. The Hall–Kier alpha value is -5.57. The molecule has 0 amide bonds. The van der Waals surface area contributed by atoms with Crippen molar-refractivity contribution in [2.45, 2.75) is 19.6 Å². The van der Waals surface area contributed by atoms with Crippen molar-refractivity contribution in [2.24, 2.45) is 10.2 Å². The van der Waals surface area contributed by atoms with E-state index < -0.39 is 123 Å². The van der Waals surface area contributed by atoms with Crippen molar-refractivity contribution in [3.63, 3.8) is 0 Å². The van der Waals surface area contributed by atoms with Gasteiger partial charge in [0.2, 0.25) is 11.9 Å². The highest BCUT2D eigenvalue weighted by molar-refractivity contribution is 7.91. The van der Waals surface area contributed by atoms with Gasteiger partial charge >= 0.3 is 16.5 Å². The number of halogens is 1. The molecule has 7 N–H and O–H groups in total. The number of sulfone groups is 1. The summed E-state index contributed by atoms with van der Waals surface area (Å²) in [5, 5.41) is 22.9. The molecule has 4 aromatic carbocycles. The van der Waals surface area contributed by atoms with Gasteiger partial charge in [0.25, 0.3) is 30.4 Å². The number of aromatic hydroxyl groups is 1. The Morgan fingerprint density at radius 2 is 1.34 bits per heavy atom. The van der Waals surface area contributed by atoms with Crippen LogP contribution in [-0.4, -0.2) is 99.8 Å². The van der Waals surface area contributed by atoms with Gasteiger partial charge < -0.3 is 20.5 Å². The summed E-state index contributed by atoms with van der Waals surface area (Å²) in [4.78, 5) is 7.08. The molecule has 1 heterocycles. The Bertz CT molecular complexity index is 3080. The SMILES string of the molecule is COc1ccc(N=Nc2c(S(=O)(=O)O)cc3cc(Nc4nc(F)nc(Nc5ccc(S(=O)(=O)CCOS(=O)(=O)O)cc5S(=O)(=O)O)n4)ccc3c2O)c(S(=O)(=O)O)c1. The van der Waals surface area contributed by atoms with Crippen molar-refractivity contribution >= 4 is 96.0 Å². The van der Waals surface area contributed by atoms with Crippen LogP contribution in [0.15, 0.2) is 90.5 Å². The van der Waals surface area contributed by atoms with Crippen LogP contribution in [0.5, 0.6) is 11.5 Å². The monoisotopic (exact) mass is 909 g/mol. The predicted octanol–water partition coefficient (Wildman–Crippen LogP) is 3.11. The predicted molar refractivity (Wildman–Crippen MR) is 195 cm³/mol. The summed E-state index contributed by atoms with van der Waals surface area (Å²) < 4.78 is 181. The lowest BCUT2D eigenvalue weighted by atomic mass is 10.1. The number of azo groups is 1. The Labute approximate surface area is 326 Å². The third-order valence-electron chi connectivity index (χ3n) is 7.32. The Morgan fingerprint density at radius 3 is 1.95 bits per heavy atom. The van der Waals surface area contributed by atoms with Crippen LogP contribution >= 0.6 is 0 Å². The first kappa shape index (κ1) is 43.6. The van der Waals surface area contributed by atoms with E-state index in [2.05, 4.69) is 40.0 Å². The first-order valence-electron chi connectivity index (χ1n) is 15.0. The molecule has 1 aromatic heterocycles. The fourth-order valence-corrected chi connectivity index (χ4v) is 8.38. The molecule has 30 heteroatoms. The molecule has 0 aliphatic heterocycles. The van der Waals surface area contributed by atoms with Gasteiger partial charge in [-0.3, -0.25) is 18.2 Å². The van der Waals surface area contributed by atoms with Crippen LogP contribution in [-0.2, 0) is 54.8 Å².